The van der Waals surface area contributed by atoms with E-state index in [2.05, 4.69) is 37.7 Å². The summed E-state index contributed by atoms with van der Waals surface area (Å²) in [6.45, 7) is 11.2. The fourth-order valence-electron chi connectivity index (χ4n) is 5.57. The number of amides is 2. The smallest absolute Gasteiger partial charge is 0.376 e. The van der Waals surface area contributed by atoms with Crippen molar-refractivity contribution in [2.24, 2.45) is 0 Å². The molecule has 1 fully saturated rings. The summed E-state index contributed by atoms with van der Waals surface area (Å²) in [7, 11) is 0. The van der Waals surface area contributed by atoms with Crippen LogP contribution in [0.25, 0.3) is 5.65 Å². The minimum atomic E-state index is -0.639. The topological polar surface area (TPSA) is 142 Å². The Morgan fingerprint density at radius 1 is 1.07 bits per heavy atom. The SMILES string of the molecule is CCOC(=O)c1nc(NC(=O)N[C@H]2CC[C@@H](Oc3ccc4nnc(C5(C)COC5)n4c3)c3ccccc32)cc(C(C)(C)C)n1. The van der Waals surface area contributed by atoms with E-state index in [-0.39, 0.29) is 41.2 Å². The maximum atomic E-state index is 13.2. The van der Waals surface area contributed by atoms with E-state index in [1.54, 1.807) is 13.0 Å². The van der Waals surface area contributed by atoms with Gasteiger partial charge in [0, 0.05) is 11.5 Å². The third-order valence-corrected chi connectivity index (χ3v) is 7.97. The number of nitrogens with one attached hydrogen (secondary N) is 2. The summed E-state index contributed by atoms with van der Waals surface area (Å²) < 4.78 is 19.1. The van der Waals surface area contributed by atoms with Gasteiger partial charge in [0.15, 0.2) is 5.65 Å². The molecule has 1 aliphatic carbocycles. The monoisotopic (exact) mass is 599 g/mol. The van der Waals surface area contributed by atoms with Crippen LogP contribution in [-0.4, -0.2) is 56.4 Å². The van der Waals surface area contributed by atoms with Crippen molar-refractivity contribution in [3.63, 3.8) is 0 Å². The van der Waals surface area contributed by atoms with Gasteiger partial charge in [0.2, 0.25) is 5.82 Å². The number of carbonyl (C=O) groups excluding carboxylic acids is 2. The molecule has 4 heterocycles. The van der Waals surface area contributed by atoms with Crippen LogP contribution in [0.5, 0.6) is 5.75 Å². The van der Waals surface area contributed by atoms with Crippen LogP contribution in [0.1, 0.15) is 92.9 Å². The summed E-state index contributed by atoms with van der Waals surface area (Å²) in [5.74, 6) is 1.06. The zero-order valence-electron chi connectivity index (χ0n) is 25.6. The van der Waals surface area contributed by atoms with Crippen molar-refractivity contribution in [1.29, 1.82) is 0 Å². The largest absolute Gasteiger partial charge is 0.484 e. The Bertz CT molecular complexity index is 1710. The quantitative estimate of drug-likeness (QED) is 0.279. The fraction of sp³-hybridized carbons (Fsp3) is 0.438. The number of nitrogens with zero attached hydrogens (tertiary/aromatic N) is 5. The molecular weight excluding hydrogens is 562 g/mol. The van der Waals surface area contributed by atoms with Gasteiger partial charge in [-0.05, 0) is 49.9 Å². The Morgan fingerprint density at radius 2 is 1.84 bits per heavy atom. The van der Waals surface area contributed by atoms with E-state index in [0.29, 0.717) is 37.5 Å². The first-order valence-electron chi connectivity index (χ1n) is 14.9. The van der Waals surface area contributed by atoms with Crippen LogP contribution < -0.4 is 15.4 Å². The molecule has 1 aliphatic heterocycles. The van der Waals surface area contributed by atoms with Crippen molar-refractivity contribution in [2.45, 2.75) is 70.4 Å². The van der Waals surface area contributed by atoms with E-state index >= 15 is 0 Å². The van der Waals surface area contributed by atoms with E-state index in [1.807, 2.05) is 67.8 Å². The summed E-state index contributed by atoms with van der Waals surface area (Å²) in [5.41, 5.74) is 2.81. The summed E-state index contributed by atoms with van der Waals surface area (Å²) in [5, 5.41) is 14.6. The fourth-order valence-corrected chi connectivity index (χ4v) is 5.57. The Hall–Kier alpha value is -4.58. The Kier molecular flexibility index (Phi) is 7.70. The van der Waals surface area contributed by atoms with Crippen molar-refractivity contribution in [2.75, 3.05) is 25.1 Å². The van der Waals surface area contributed by atoms with E-state index in [4.69, 9.17) is 14.2 Å². The second-order valence-electron chi connectivity index (χ2n) is 12.6. The average Bonchev–Trinajstić information content (AvgIpc) is 3.40. The Balaban J connectivity index is 1.18. The molecule has 1 aromatic carbocycles. The third-order valence-electron chi connectivity index (χ3n) is 7.97. The van der Waals surface area contributed by atoms with E-state index in [9.17, 15) is 9.59 Å². The van der Waals surface area contributed by atoms with Gasteiger partial charge < -0.3 is 19.5 Å². The molecule has 44 heavy (non-hydrogen) atoms. The second kappa shape index (κ2) is 11.5. The number of fused-ring (bicyclic) bond motifs is 2. The summed E-state index contributed by atoms with van der Waals surface area (Å²) in [4.78, 5) is 34.2. The molecular formula is C32H37N7O5. The predicted octanol–water partition coefficient (Wildman–Crippen LogP) is 5.06. The van der Waals surface area contributed by atoms with Crippen LogP contribution in [-0.2, 0) is 20.3 Å². The molecule has 2 atom stereocenters. The highest BCUT2D eigenvalue weighted by Gasteiger charge is 2.40. The molecule has 2 amide bonds. The number of anilines is 1. The molecule has 4 aromatic rings. The number of ether oxygens (including phenoxy) is 3. The van der Waals surface area contributed by atoms with E-state index < -0.39 is 12.0 Å². The average molecular weight is 600 g/mol. The van der Waals surface area contributed by atoms with Gasteiger partial charge in [-0.25, -0.2) is 19.6 Å². The molecule has 12 heteroatoms. The van der Waals surface area contributed by atoms with Crippen LogP contribution in [0.15, 0.2) is 48.7 Å². The van der Waals surface area contributed by atoms with Gasteiger partial charge in [-0.2, -0.15) is 0 Å². The molecule has 12 nitrogen and oxygen atoms in total. The molecule has 0 saturated carbocycles. The zero-order valence-corrected chi connectivity index (χ0v) is 25.6. The van der Waals surface area contributed by atoms with Crippen molar-refractivity contribution in [1.82, 2.24) is 29.9 Å². The molecule has 6 rings (SSSR count). The molecule has 1 saturated heterocycles. The molecule has 0 bridgehead atoms. The zero-order chi connectivity index (χ0) is 31.1. The number of carbonyl (C=O) groups is 2. The highest BCUT2D eigenvalue weighted by atomic mass is 16.5. The number of hydrogen-bond acceptors (Lipinski definition) is 9. The minimum absolute atomic E-state index is 0.0931. The van der Waals surface area contributed by atoms with Crippen LogP contribution in [0.2, 0.25) is 0 Å². The molecule has 2 aliphatic rings. The predicted molar refractivity (Wildman–Crippen MR) is 162 cm³/mol. The molecule has 2 N–H and O–H groups in total. The van der Waals surface area contributed by atoms with Crippen LogP contribution in [0.4, 0.5) is 10.6 Å². The molecule has 230 valence electrons. The molecule has 3 aromatic heterocycles. The summed E-state index contributed by atoms with van der Waals surface area (Å²) in [6, 6.07) is 12.8. The van der Waals surface area contributed by atoms with Gasteiger partial charge in [0.25, 0.3) is 0 Å². The van der Waals surface area contributed by atoms with Crippen LogP contribution in [0, 0.1) is 0 Å². The lowest BCUT2D eigenvalue weighted by Gasteiger charge is -2.36. The second-order valence-corrected chi connectivity index (χ2v) is 12.6. The van der Waals surface area contributed by atoms with Gasteiger partial charge >= 0.3 is 12.0 Å². The maximum absolute atomic E-state index is 13.2. The minimum Gasteiger partial charge on any atom is -0.484 e. The summed E-state index contributed by atoms with van der Waals surface area (Å²) >= 11 is 0. The Labute approximate surface area is 255 Å². The molecule has 0 spiro atoms. The normalized spacial score (nSPS) is 19.0. The van der Waals surface area contributed by atoms with Gasteiger partial charge in [-0.3, -0.25) is 9.72 Å². The van der Waals surface area contributed by atoms with E-state index in [0.717, 1.165) is 22.6 Å². The van der Waals surface area contributed by atoms with Crippen molar-refractivity contribution in [3.8, 4) is 5.75 Å². The highest BCUT2D eigenvalue weighted by molar-refractivity contribution is 5.90. The standard InChI is InChI=1S/C32H37N7O5/c1-6-43-28(40)27-34-24(31(2,3)4)15-25(35-27)36-30(41)33-22-12-13-23(21-10-8-7-9-20(21)22)44-19-11-14-26-37-38-29(39(26)16-19)32(5)17-42-18-32/h7-11,14-16,22-23H,6,12-13,17-18H2,1-5H3,(H2,33,34,35,36,41)/t22-,23+/m0/s1. The van der Waals surface area contributed by atoms with Gasteiger partial charge in [0.05, 0.1) is 43.2 Å². The lowest BCUT2D eigenvalue weighted by molar-refractivity contribution is -0.0548. The first-order valence-corrected chi connectivity index (χ1v) is 14.9. The van der Waals surface area contributed by atoms with E-state index in [1.165, 1.54) is 0 Å². The number of urea groups is 1. The van der Waals surface area contributed by atoms with Crippen molar-refractivity contribution < 1.29 is 23.8 Å². The number of hydrogen-bond donors (Lipinski definition) is 2. The lowest BCUT2D eigenvalue weighted by Crippen LogP contribution is -2.45. The Morgan fingerprint density at radius 3 is 2.55 bits per heavy atom. The molecule has 0 radical (unpaired) electrons. The maximum Gasteiger partial charge on any atom is 0.376 e. The molecule has 0 unspecified atom stereocenters. The van der Waals surface area contributed by atoms with Crippen molar-refractivity contribution >= 4 is 23.5 Å². The third kappa shape index (κ3) is 5.81. The first kappa shape index (κ1) is 29.5. The lowest BCUT2D eigenvalue weighted by atomic mass is 9.85. The van der Waals surface area contributed by atoms with Gasteiger partial charge in [-0.1, -0.05) is 45.0 Å². The van der Waals surface area contributed by atoms with Crippen molar-refractivity contribution in [3.05, 3.63) is 77.1 Å². The van der Waals surface area contributed by atoms with Gasteiger partial charge in [0.1, 0.15) is 23.5 Å². The van der Waals surface area contributed by atoms with Crippen LogP contribution >= 0.6 is 0 Å². The first-order chi connectivity index (χ1) is 21.0. The highest BCUT2D eigenvalue weighted by Crippen LogP contribution is 2.39. The number of aromatic nitrogens is 5. The number of pyridine rings is 1. The van der Waals surface area contributed by atoms with Crippen LogP contribution in [0.3, 0.4) is 0 Å². The number of benzene rings is 1. The number of esters is 1. The number of rotatable bonds is 7. The van der Waals surface area contributed by atoms with Gasteiger partial charge in [-0.15, -0.1) is 10.2 Å². The summed E-state index contributed by atoms with van der Waals surface area (Å²) in [6.07, 6.45) is 3.09.